The van der Waals surface area contributed by atoms with E-state index in [4.69, 9.17) is 9.52 Å². The molecule has 0 spiro atoms. The van der Waals surface area contributed by atoms with Gasteiger partial charge < -0.3 is 14.8 Å². The number of furan rings is 1. The average molecular weight is 237 g/mol. The number of carbonyl (C=O) groups is 2. The summed E-state index contributed by atoms with van der Waals surface area (Å²) in [6.07, 6.45) is 3.09. The van der Waals surface area contributed by atoms with Crippen LogP contribution in [0, 0.1) is 6.92 Å². The number of aliphatic carboxylic acids is 1. The number of rotatable bonds is 5. The lowest BCUT2D eigenvalue weighted by Crippen LogP contribution is -2.39. The molecule has 1 heterocycles. The van der Waals surface area contributed by atoms with Gasteiger partial charge in [0.25, 0.3) is 0 Å². The molecule has 92 valence electrons. The van der Waals surface area contributed by atoms with Crippen molar-refractivity contribution < 1.29 is 19.1 Å². The highest BCUT2D eigenvalue weighted by Gasteiger charge is 2.15. The van der Waals surface area contributed by atoms with Crippen molar-refractivity contribution in [3.63, 3.8) is 0 Å². The summed E-state index contributed by atoms with van der Waals surface area (Å²) < 4.78 is 5.23. The zero-order valence-corrected chi connectivity index (χ0v) is 9.77. The Kier molecular flexibility index (Phi) is 4.51. The number of nitrogens with one attached hydrogen (secondary N) is 1. The van der Waals surface area contributed by atoms with Gasteiger partial charge in [-0.05, 0) is 31.6 Å². The van der Waals surface area contributed by atoms with Gasteiger partial charge >= 0.3 is 5.97 Å². The van der Waals surface area contributed by atoms with E-state index in [9.17, 15) is 9.59 Å². The first-order valence-electron chi connectivity index (χ1n) is 5.30. The molecule has 0 saturated heterocycles. The second-order valence-corrected chi connectivity index (χ2v) is 3.59. The molecule has 1 rings (SSSR count). The summed E-state index contributed by atoms with van der Waals surface area (Å²) in [5.41, 5.74) is 0. The van der Waals surface area contributed by atoms with E-state index in [0.29, 0.717) is 12.2 Å². The van der Waals surface area contributed by atoms with Gasteiger partial charge in [0, 0.05) is 6.08 Å². The van der Waals surface area contributed by atoms with Gasteiger partial charge in [0.05, 0.1) is 0 Å². The number of carboxylic acid groups (broad SMARTS) is 1. The molecule has 0 bridgehead atoms. The van der Waals surface area contributed by atoms with Crippen LogP contribution in [0.3, 0.4) is 0 Å². The Labute approximate surface area is 99.1 Å². The largest absolute Gasteiger partial charge is 0.480 e. The Morgan fingerprint density at radius 3 is 2.71 bits per heavy atom. The second kappa shape index (κ2) is 5.89. The lowest BCUT2D eigenvalue weighted by atomic mass is 10.2. The average Bonchev–Trinajstić information content (AvgIpc) is 2.68. The third-order valence-corrected chi connectivity index (χ3v) is 2.18. The van der Waals surface area contributed by atoms with Gasteiger partial charge in [-0.2, -0.15) is 0 Å². The molecule has 0 aromatic carbocycles. The number of carbonyl (C=O) groups excluding carboxylic acids is 1. The third kappa shape index (κ3) is 4.14. The number of carboxylic acids is 1. The van der Waals surface area contributed by atoms with Crippen molar-refractivity contribution in [2.45, 2.75) is 26.3 Å². The van der Waals surface area contributed by atoms with Gasteiger partial charge in [-0.3, -0.25) is 4.79 Å². The third-order valence-electron chi connectivity index (χ3n) is 2.18. The maximum atomic E-state index is 11.4. The van der Waals surface area contributed by atoms with Crippen LogP contribution in [0.2, 0.25) is 0 Å². The molecule has 0 saturated carbocycles. The summed E-state index contributed by atoms with van der Waals surface area (Å²) in [5.74, 6) is -0.181. The Morgan fingerprint density at radius 2 is 2.24 bits per heavy atom. The van der Waals surface area contributed by atoms with Gasteiger partial charge in [0.1, 0.15) is 17.6 Å². The summed E-state index contributed by atoms with van der Waals surface area (Å²) in [6, 6.07) is 2.66. The standard InChI is InChI=1S/C12H15NO4/c1-3-10(12(15)16)13-11(14)7-6-9-5-4-8(2)17-9/h4-7,10H,3H2,1-2H3,(H,13,14)(H,15,16)/t10-/m1/s1. The predicted molar refractivity (Wildman–Crippen MR) is 62.3 cm³/mol. The molecule has 5 heteroatoms. The molecule has 0 aliphatic heterocycles. The zero-order valence-electron chi connectivity index (χ0n) is 9.77. The number of aryl methyl sites for hydroxylation is 1. The van der Waals surface area contributed by atoms with Crippen LogP contribution in [0.4, 0.5) is 0 Å². The first kappa shape index (κ1) is 13.0. The Bertz CT molecular complexity index is 433. The lowest BCUT2D eigenvalue weighted by molar-refractivity contribution is -0.141. The molecule has 0 aliphatic carbocycles. The summed E-state index contributed by atoms with van der Waals surface area (Å²) in [4.78, 5) is 22.1. The Hall–Kier alpha value is -2.04. The molecule has 0 unspecified atom stereocenters. The first-order valence-corrected chi connectivity index (χ1v) is 5.30. The van der Waals surface area contributed by atoms with Crippen LogP contribution >= 0.6 is 0 Å². The maximum absolute atomic E-state index is 11.4. The van der Waals surface area contributed by atoms with E-state index in [1.54, 1.807) is 26.0 Å². The van der Waals surface area contributed by atoms with Crippen molar-refractivity contribution in [1.29, 1.82) is 0 Å². The fourth-order valence-electron chi connectivity index (χ4n) is 1.26. The fourth-order valence-corrected chi connectivity index (χ4v) is 1.26. The van der Waals surface area contributed by atoms with Crippen LogP contribution in [0.1, 0.15) is 24.9 Å². The Balaban J connectivity index is 2.54. The molecule has 1 atom stereocenters. The minimum Gasteiger partial charge on any atom is -0.480 e. The summed E-state index contributed by atoms with van der Waals surface area (Å²) >= 11 is 0. The molecule has 17 heavy (non-hydrogen) atoms. The molecular formula is C12H15NO4. The molecule has 1 amide bonds. The van der Waals surface area contributed by atoms with Crippen molar-refractivity contribution in [3.05, 3.63) is 29.7 Å². The minimum absolute atomic E-state index is 0.342. The monoisotopic (exact) mass is 237 g/mol. The summed E-state index contributed by atoms with van der Waals surface area (Å²) in [7, 11) is 0. The lowest BCUT2D eigenvalue weighted by Gasteiger charge is -2.09. The van der Waals surface area contributed by atoms with Crippen molar-refractivity contribution in [2.75, 3.05) is 0 Å². The van der Waals surface area contributed by atoms with Gasteiger partial charge in [-0.1, -0.05) is 6.92 Å². The van der Waals surface area contributed by atoms with Crippen LogP contribution in [0.15, 0.2) is 22.6 Å². The molecular weight excluding hydrogens is 222 g/mol. The highest BCUT2D eigenvalue weighted by atomic mass is 16.4. The van der Waals surface area contributed by atoms with E-state index < -0.39 is 17.9 Å². The van der Waals surface area contributed by atoms with Crippen molar-refractivity contribution in [3.8, 4) is 0 Å². The molecule has 0 fully saturated rings. The van der Waals surface area contributed by atoms with Crippen molar-refractivity contribution >= 4 is 18.0 Å². The SMILES string of the molecule is CC[C@@H](NC(=O)C=Cc1ccc(C)o1)C(=O)O. The minimum atomic E-state index is -1.04. The normalized spacial score (nSPS) is 12.6. The highest BCUT2D eigenvalue weighted by molar-refractivity contribution is 5.94. The first-order chi connectivity index (χ1) is 8.02. The molecule has 2 N–H and O–H groups in total. The summed E-state index contributed by atoms with van der Waals surface area (Å²) in [6.45, 7) is 3.49. The van der Waals surface area contributed by atoms with E-state index >= 15 is 0 Å². The molecule has 1 aromatic rings. The Morgan fingerprint density at radius 1 is 1.53 bits per heavy atom. The van der Waals surface area contributed by atoms with Gasteiger partial charge in [0.15, 0.2) is 0 Å². The smallest absolute Gasteiger partial charge is 0.326 e. The topological polar surface area (TPSA) is 79.5 Å². The van der Waals surface area contributed by atoms with Gasteiger partial charge in [0.2, 0.25) is 5.91 Å². The van der Waals surface area contributed by atoms with E-state index in [0.717, 1.165) is 5.76 Å². The van der Waals surface area contributed by atoms with E-state index in [1.165, 1.54) is 12.2 Å². The predicted octanol–water partition coefficient (Wildman–Crippen LogP) is 1.58. The van der Waals surface area contributed by atoms with Crippen LogP contribution in [-0.4, -0.2) is 23.0 Å². The summed E-state index contributed by atoms with van der Waals surface area (Å²) in [5, 5.41) is 11.1. The van der Waals surface area contributed by atoms with Crippen molar-refractivity contribution in [2.24, 2.45) is 0 Å². The van der Waals surface area contributed by atoms with Crippen LogP contribution in [-0.2, 0) is 9.59 Å². The highest BCUT2D eigenvalue weighted by Crippen LogP contribution is 2.07. The quantitative estimate of drug-likeness (QED) is 0.762. The van der Waals surface area contributed by atoms with Gasteiger partial charge in [-0.25, -0.2) is 4.79 Å². The van der Waals surface area contributed by atoms with Crippen LogP contribution < -0.4 is 5.32 Å². The number of hydrogen-bond acceptors (Lipinski definition) is 3. The second-order valence-electron chi connectivity index (χ2n) is 3.59. The number of hydrogen-bond donors (Lipinski definition) is 2. The van der Waals surface area contributed by atoms with E-state index in [1.807, 2.05) is 0 Å². The van der Waals surface area contributed by atoms with Crippen LogP contribution in [0.5, 0.6) is 0 Å². The van der Waals surface area contributed by atoms with E-state index in [2.05, 4.69) is 5.32 Å². The molecule has 0 aliphatic rings. The van der Waals surface area contributed by atoms with Gasteiger partial charge in [-0.15, -0.1) is 0 Å². The van der Waals surface area contributed by atoms with Crippen LogP contribution in [0.25, 0.3) is 6.08 Å². The molecule has 5 nitrogen and oxygen atoms in total. The van der Waals surface area contributed by atoms with E-state index in [-0.39, 0.29) is 0 Å². The zero-order chi connectivity index (χ0) is 12.8. The maximum Gasteiger partial charge on any atom is 0.326 e. The molecule has 1 aromatic heterocycles. The fraction of sp³-hybridized carbons (Fsp3) is 0.333. The number of amides is 1. The van der Waals surface area contributed by atoms with Crippen molar-refractivity contribution in [1.82, 2.24) is 5.32 Å². The molecule has 0 radical (unpaired) electrons.